The largest absolute Gasteiger partial charge is 0.356 e. The smallest absolute Gasteiger partial charge is 0.191 e. The predicted molar refractivity (Wildman–Crippen MR) is 123 cm³/mol. The van der Waals surface area contributed by atoms with E-state index in [1.165, 1.54) is 11.1 Å². The van der Waals surface area contributed by atoms with Crippen LogP contribution in [0.4, 0.5) is 0 Å². The number of halogens is 1. The Hall–Kier alpha value is -2.09. The molecule has 0 fully saturated rings. The minimum atomic E-state index is 0. The fourth-order valence-electron chi connectivity index (χ4n) is 3.00. The number of benzene rings is 1. The van der Waals surface area contributed by atoms with E-state index >= 15 is 0 Å². The second kappa shape index (κ2) is 10.3. The maximum atomic E-state index is 4.71. The van der Waals surface area contributed by atoms with Gasteiger partial charge in [0, 0.05) is 39.0 Å². The number of nitrogens with zero attached hydrogens (tertiary/aromatic N) is 3. The van der Waals surface area contributed by atoms with Crippen LogP contribution in [-0.2, 0) is 6.42 Å². The molecule has 0 bridgehead atoms. The zero-order chi connectivity index (χ0) is 18.4. The van der Waals surface area contributed by atoms with Crippen molar-refractivity contribution in [2.24, 2.45) is 4.99 Å². The summed E-state index contributed by atoms with van der Waals surface area (Å²) in [4.78, 5) is 9.02. The molecule has 2 aromatic heterocycles. The Labute approximate surface area is 178 Å². The van der Waals surface area contributed by atoms with Gasteiger partial charge in [-0.1, -0.05) is 43.3 Å². The number of imidazole rings is 1. The number of aromatic nitrogens is 2. The van der Waals surface area contributed by atoms with Crippen LogP contribution in [0.25, 0.3) is 5.65 Å². The van der Waals surface area contributed by atoms with Crippen LogP contribution in [0, 0.1) is 6.92 Å². The third kappa shape index (κ3) is 5.69. The Balaban J connectivity index is 0.00000261. The van der Waals surface area contributed by atoms with Crippen LogP contribution < -0.4 is 10.6 Å². The summed E-state index contributed by atoms with van der Waals surface area (Å²) in [7, 11) is 1.80. The minimum absolute atomic E-state index is 0. The standard InChI is InChI=1S/C21H27N5.HI/c1-16-8-7-13-26-15-19(25-20(16)26)11-12-23-21(22-3)24-14-17(2)18-9-5-4-6-10-18;/h4-10,13,15,17H,11-12,14H2,1-3H3,(H2,22,23,24);1H. The van der Waals surface area contributed by atoms with Gasteiger partial charge in [0.1, 0.15) is 5.65 Å². The molecule has 27 heavy (non-hydrogen) atoms. The van der Waals surface area contributed by atoms with Crippen molar-refractivity contribution < 1.29 is 0 Å². The lowest BCUT2D eigenvalue weighted by Crippen LogP contribution is -2.39. The van der Waals surface area contributed by atoms with E-state index in [2.05, 4.69) is 70.4 Å². The van der Waals surface area contributed by atoms with Gasteiger partial charge in [0.2, 0.25) is 0 Å². The van der Waals surface area contributed by atoms with Crippen molar-refractivity contribution in [1.82, 2.24) is 20.0 Å². The molecule has 0 spiro atoms. The van der Waals surface area contributed by atoms with Crippen molar-refractivity contribution in [2.45, 2.75) is 26.2 Å². The fraction of sp³-hybridized carbons (Fsp3) is 0.333. The summed E-state index contributed by atoms with van der Waals surface area (Å²) in [5.41, 5.74) is 4.64. The van der Waals surface area contributed by atoms with Crippen LogP contribution in [0.2, 0.25) is 0 Å². The molecule has 0 saturated carbocycles. The predicted octanol–water partition coefficient (Wildman–Crippen LogP) is 3.77. The number of hydrogen-bond acceptors (Lipinski definition) is 2. The average Bonchev–Trinajstić information content (AvgIpc) is 3.09. The Morgan fingerprint density at radius 2 is 1.93 bits per heavy atom. The van der Waals surface area contributed by atoms with E-state index in [0.29, 0.717) is 5.92 Å². The average molecular weight is 477 g/mol. The van der Waals surface area contributed by atoms with Crippen molar-refractivity contribution in [2.75, 3.05) is 20.1 Å². The Morgan fingerprint density at radius 1 is 1.15 bits per heavy atom. The summed E-state index contributed by atoms with van der Waals surface area (Å²) in [6.07, 6.45) is 4.99. The van der Waals surface area contributed by atoms with Crippen molar-refractivity contribution >= 4 is 35.6 Å². The second-order valence-corrected chi connectivity index (χ2v) is 6.60. The topological polar surface area (TPSA) is 53.7 Å². The van der Waals surface area contributed by atoms with Crippen LogP contribution >= 0.6 is 24.0 Å². The monoisotopic (exact) mass is 477 g/mol. The molecular formula is C21H28IN5. The summed E-state index contributed by atoms with van der Waals surface area (Å²) in [5, 5.41) is 6.78. The first kappa shape index (κ1) is 21.2. The van der Waals surface area contributed by atoms with Crippen LogP contribution in [0.3, 0.4) is 0 Å². The van der Waals surface area contributed by atoms with Crippen molar-refractivity contribution in [3.05, 3.63) is 71.7 Å². The van der Waals surface area contributed by atoms with E-state index in [0.717, 1.165) is 36.8 Å². The zero-order valence-corrected chi connectivity index (χ0v) is 18.5. The molecule has 0 aliphatic rings. The van der Waals surface area contributed by atoms with E-state index in [1.807, 2.05) is 18.3 Å². The molecule has 2 N–H and O–H groups in total. The Bertz CT molecular complexity index is 873. The van der Waals surface area contributed by atoms with Crippen LogP contribution in [0.5, 0.6) is 0 Å². The number of hydrogen-bond donors (Lipinski definition) is 2. The van der Waals surface area contributed by atoms with Gasteiger partial charge in [-0.2, -0.15) is 0 Å². The number of fused-ring (bicyclic) bond motifs is 1. The van der Waals surface area contributed by atoms with Gasteiger partial charge in [-0.25, -0.2) is 4.98 Å². The maximum absolute atomic E-state index is 4.71. The first-order chi connectivity index (χ1) is 12.7. The lowest BCUT2D eigenvalue weighted by Gasteiger charge is -2.16. The van der Waals surface area contributed by atoms with Crippen molar-refractivity contribution in [3.63, 3.8) is 0 Å². The molecule has 1 unspecified atom stereocenters. The highest BCUT2D eigenvalue weighted by Gasteiger charge is 2.07. The van der Waals surface area contributed by atoms with Crippen molar-refractivity contribution in [1.29, 1.82) is 0 Å². The molecule has 0 saturated heterocycles. The number of guanidine groups is 1. The lowest BCUT2D eigenvalue weighted by atomic mass is 10.0. The fourth-order valence-corrected chi connectivity index (χ4v) is 3.00. The van der Waals surface area contributed by atoms with Crippen LogP contribution in [-0.4, -0.2) is 35.5 Å². The van der Waals surface area contributed by atoms with Gasteiger partial charge in [0.15, 0.2) is 5.96 Å². The molecule has 2 heterocycles. The normalized spacial score (nSPS) is 12.5. The van der Waals surface area contributed by atoms with E-state index in [1.54, 1.807) is 7.05 Å². The Kier molecular flexibility index (Phi) is 8.09. The van der Waals surface area contributed by atoms with Gasteiger partial charge < -0.3 is 15.0 Å². The summed E-state index contributed by atoms with van der Waals surface area (Å²) >= 11 is 0. The number of nitrogens with one attached hydrogen (secondary N) is 2. The molecule has 0 amide bonds. The number of aryl methyl sites for hydroxylation is 1. The highest BCUT2D eigenvalue weighted by molar-refractivity contribution is 14.0. The quantitative estimate of drug-likeness (QED) is 0.323. The Morgan fingerprint density at radius 3 is 2.63 bits per heavy atom. The summed E-state index contributed by atoms with van der Waals surface area (Å²) in [5.74, 6) is 1.25. The van der Waals surface area contributed by atoms with Gasteiger partial charge in [-0.3, -0.25) is 4.99 Å². The van der Waals surface area contributed by atoms with Crippen LogP contribution in [0.15, 0.2) is 59.9 Å². The van der Waals surface area contributed by atoms with Gasteiger partial charge in [0.25, 0.3) is 0 Å². The molecular weight excluding hydrogens is 449 g/mol. The van der Waals surface area contributed by atoms with E-state index in [9.17, 15) is 0 Å². The van der Waals surface area contributed by atoms with Crippen LogP contribution in [0.1, 0.15) is 29.7 Å². The SMILES string of the molecule is CN=C(NCCc1cn2cccc(C)c2n1)NCC(C)c1ccccc1.I. The first-order valence-electron chi connectivity index (χ1n) is 9.10. The summed E-state index contributed by atoms with van der Waals surface area (Å²) in [6.45, 7) is 5.94. The molecule has 3 rings (SSSR count). The maximum Gasteiger partial charge on any atom is 0.191 e. The molecule has 6 heteroatoms. The van der Waals surface area contributed by atoms with E-state index < -0.39 is 0 Å². The highest BCUT2D eigenvalue weighted by atomic mass is 127. The van der Waals surface area contributed by atoms with Gasteiger partial charge in [-0.15, -0.1) is 24.0 Å². The molecule has 1 atom stereocenters. The third-order valence-electron chi connectivity index (χ3n) is 4.57. The van der Waals surface area contributed by atoms with Gasteiger partial charge in [0.05, 0.1) is 5.69 Å². The van der Waals surface area contributed by atoms with E-state index in [-0.39, 0.29) is 24.0 Å². The second-order valence-electron chi connectivity index (χ2n) is 6.60. The van der Waals surface area contributed by atoms with Gasteiger partial charge >= 0.3 is 0 Å². The molecule has 0 aliphatic carbocycles. The molecule has 0 aliphatic heterocycles. The lowest BCUT2D eigenvalue weighted by molar-refractivity contribution is 0.697. The molecule has 5 nitrogen and oxygen atoms in total. The zero-order valence-electron chi connectivity index (χ0n) is 16.1. The minimum Gasteiger partial charge on any atom is -0.356 e. The highest BCUT2D eigenvalue weighted by Crippen LogP contribution is 2.13. The summed E-state index contributed by atoms with van der Waals surface area (Å²) < 4.78 is 2.08. The number of pyridine rings is 1. The number of rotatable bonds is 6. The molecule has 3 aromatic rings. The van der Waals surface area contributed by atoms with E-state index in [4.69, 9.17) is 4.98 Å². The molecule has 144 valence electrons. The van der Waals surface area contributed by atoms with Crippen molar-refractivity contribution in [3.8, 4) is 0 Å². The first-order valence-corrected chi connectivity index (χ1v) is 9.10. The number of aliphatic imine (C=N–C) groups is 1. The third-order valence-corrected chi connectivity index (χ3v) is 4.57. The summed E-state index contributed by atoms with van der Waals surface area (Å²) in [6, 6.07) is 14.7. The molecule has 1 aromatic carbocycles. The van der Waals surface area contributed by atoms with Gasteiger partial charge in [-0.05, 0) is 30.0 Å². The molecule has 0 radical (unpaired) electrons.